The first-order valence-electron chi connectivity index (χ1n) is 11.5. The molecule has 0 spiro atoms. The molecule has 2 aliphatic heterocycles. The summed E-state index contributed by atoms with van der Waals surface area (Å²) in [6.45, 7) is 5.48. The zero-order chi connectivity index (χ0) is 23.3. The van der Waals surface area contributed by atoms with Crippen LogP contribution in [0.2, 0.25) is 5.02 Å². The molecule has 0 aliphatic carbocycles. The molecule has 2 fully saturated rings. The van der Waals surface area contributed by atoms with Crippen LogP contribution in [-0.4, -0.2) is 59.3 Å². The predicted molar refractivity (Wildman–Crippen MR) is 138 cm³/mol. The fraction of sp³-hybridized carbons (Fsp3) is 0.360. The van der Waals surface area contributed by atoms with Gasteiger partial charge in [-0.25, -0.2) is 0 Å². The van der Waals surface area contributed by atoms with Crippen molar-refractivity contribution in [2.24, 2.45) is 0 Å². The van der Waals surface area contributed by atoms with Gasteiger partial charge in [0.2, 0.25) is 0 Å². The molecule has 2 atom stereocenters. The fourth-order valence-electron chi connectivity index (χ4n) is 4.41. The van der Waals surface area contributed by atoms with Gasteiger partial charge in [0.05, 0.1) is 24.9 Å². The number of nitrogens with zero attached hydrogens (tertiary/aromatic N) is 3. The summed E-state index contributed by atoms with van der Waals surface area (Å²) in [5.74, 6) is 0.880. The average Bonchev–Trinajstić information content (AvgIpc) is 3.46. The molecule has 34 heavy (non-hydrogen) atoms. The molecule has 2 aromatic heterocycles. The SMILES string of the molecule is S=C1N[C@@H](c2ccccn2)[C@H](c2ccc(Sc3ccc(Cl)cc3)o2)N1CCCN1CCOCC1. The minimum Gasteiger partial charge on any atom is -0.452 e. The molecule has 2 aliphatic rings. The minimum atomic E-state index is -0.0726. The topological polar surface area (TPSA) is 53.8 Å². The molecule has 6 nitrogen and oxygen atoms in total. The number of pyridine rings is 1. The summed E-state index contributed by atoms with van der Waals surface area (Å²) >= 11 is 13.4. The van der Waals surface area contributed by atoms with Crippen molar-refractivity contribution >= 4 is 40.7 Å². The summed E-state index contributed by atoms with van der Waals surface area (Å²) in [5, 5.41) is 5.80. The Labute approximate surface area is 214 Å². The summed E-state index contributed by atoms with van der Waals surface area (Å²) in [6.07, 6.45) is 2.84. The molecule has 4 heterocycles. The zero-order valence-corrected chi connectivity index (χ0v) is 21.1. The molecule has 9 heteroatoms. The van der Waals surface area contributed by atoms with Gasteiger partial charge in [0, 0.05) is 42.3 Å². The van der Waals surface area contributed by atoms with Gasteiger partial charge in [-0.1, -0.05) is 29.4 Å². The number of furan rings is 1. The molecule has 1 aromatic carbocycles. The smallest absolute Gasteiger partial charge is 0.170 e. The maximum atomic E-state index is 6.36. The third-order valence-corrected chi connectivity index (χ3v) is 7.63. The minimum absolute atomic E-state index is 0.0633. The summed E-state index contributed by atoms with van der Waals surface area (Å²) in [5.41, 5.74) is 0.953. The second-order valence-corrected chi connectivity index (χ2v) is 10.2. The Kier molecular flexibility index (Phi) is 7.71. The number of morpholine rings is 1. The van der Waals surface area contributed by atoms with E-state index >= 15 is 0 Å². The third-order valence-electron chi connectivity index (χ3n) is 6.10. The highest BCUT2D eigenvalue weighted by Crippen LogP contribution is 2.41. The van der Waals surface area contributed by atoms with E-state index < -0.39 is 0 Å². The number of aromatic nitrogens is 1. The van der Waals surface area contributed by atoms with Crippen molar-refractivity contribution in [2.45, 2.75) is 28.5 Å². The molecule has 0 unspecified atom stereocenters. The first kappa shape index (κ1) is 23.6. The second-order valence-electron chi connectivity index (χ2n) is 8.34. The Bertz CT molecular complexity index is 1090. The van der Waals surface area contributed by atoms with E-state index in [0.29, 0.717) is 0 Å². The van der Waals surface area contributed by atoms with Crippen molar-refractivity contribution in [3.63, 3.8) is 0 Å². The quantitative estimate of drug-likeness (QED) is 0.413. The highest BCUT2D eigenvalue weighted by molar-refractivity contribution is 7.99. The van der Waals surface area contributed by atoms with Gasteiger partial charge in [0.15, 0.2) is 10.2 Å². The lowest BCUT2D eigenvalue weighted by Gasteiger charge is -2.29. The lowest BCUT2D eigenvalue weighted by atomic mass is 10.0. The standard InChI is InChI=1S/C25H27ClN4O2S2/c26-18-5-7-19(8-6-18)34-22-10-9-21(32-22)24-23(20-4-1-2-11-27-20)28-25(33)30(24)13-3-12-29-14-16-31-17-15-29/h1-2,4-11,23-24H,3,12-17H2,(H,28,33)/t23-,24-/m0/s1. The Morgan fingerprint density at radius 3 is 2.65 bits per heavy atom. The third kappa shape index (κ3) is 5.58. The van der Waals surface area contributed by atoms with E-state index in [0.717, 1.165) is 77.4 Å². The van der Waals surface area contributed by atoms with E-state index in [-0.39, 0.29) is 12.1 Å². The molecule has 0 saturated carbocycles. The van der Waals surface area contributed by atoms with Crippen LogP contribution >= 0.6 is 35.6 Å². The van der Waals surface area contributed by atoms with E-state index in [9.17, 15) is 0 Å². The van der Waals surface area contributed by atoms with E-state index in [4.69, 9.17) is 33.0 Å². The number of halogens is 1. The molecular formula is C25H27ClN4O2S2. The number of benzene rings is 1. The highest BCUT2D eigenvalue weighted by Gasteiger charge is 2.41. The molecule has 0 bridgehead atoms. The van der Waals surface area contributed by atoms with Crippen molar-refractivity contribution in [3.05, 3.63) is 77.3 Å². The van der Waals surface area contributed by atoms with Crippen molar-refractivity contribution < 1.29 is 9.15 Å². The van der Waals surface area contributed by atoms with Gasteiger partial charge in [-0.15, -0.1) is 0 Å². The predicted octanol–water partition coefficient (Wildman–Crippen LogP) is 5.17. The zero-order valence-electron chi connectivity index (χ0n) is 18.7. The van der Waals surface area contributed by atoms with E-state index in [1.54, 1.807) is 11.8 Å². The molecular weight excluding hydrogens is 488 g/mol. The Hall–Kier alpha value is -2.10. The maximum absolute atomic E-state index is 6.36. The lowest BCUT2D eigenvalue weighted by Crippen LogP contribution is -2.38. The van der Waals surface area contributed by atoms with E-state index in [2.05, 4.69) is 26.2 Å². The highest BCUT2D eigenvalue weighted by atomic mass is 35.5. The first-order valence-corrected chi connectivity index (χ1v) is 13.1. The van der Waals surface area contributed by atoms with Crippen molar-refractivity contribution in [1.82, 2.24) is 20.1 Å². The summed E-state index contributed by atoms with van der Waals surface area (Å²) < 4.78 is 11.8. The number of nitrogens with one attached hydrogen (secondary N) is 1. The molecule has 3 aromatic rings. The van der Waals surface area contributed by atoms with Crippen LogP contribution in [0.5, 0.6) is 0 Å². The largest absolute Gasteiger partial charge is 0.452 e. The van der Waals surface area contributed by atoms with E-state index in [1.807, 2.05) is 54.7 Å². The van der Waals surface area contributed by atoms with Gasteiger partial charge in [-0.2, -0.15) is 0 Å². The van der Waals surface area contributed by atoms with Crippen LogP contribution in [0.25, 0.3) is 0 Å². The normalized spacial score (nSPS) is 21.1. The Morgan fingerprint density at radius 2 is 1.88 bits per heavy atom. The van der Waals surface area contributed by atoms with Crippen molar-refractivity contribution in [2.75, 3.05) is 39.4 Å². The van der Waals surface area contributed by atoms with Crippen LogP contribution in [0.15, 0.2) is 75.2 Å². The molecule has 0 radical (unpaired) electrons. The van der Waals surface area contributed by atoms with Gasteiger partial charge < -0.3 is 19.4 Å². The van der Waals surface area contributed by atoms with Gasteiger partial charge >= 0.3 is 0 Å². The number of ether oxygens (including phenoxy) is 1. The van der Waals surface area contributed by atoms with Crippen LogP contribution in [0.4, 0.5) is 0 Å². The molecule has 1 N–H and O–H groups in total. The summed E-state index contributed by atoms with van der Waals surface area (Å²) in [4.78, 5) is 10.4. The molecule has 5 rings (SSSR count). The molecule has 2 saturated heterocycles. The van der Waals surface area contributed by atoms with Crippen LogP contribution in [0, 0.1) is 0 Å². The average molecular weight is 515 g/mol. The van der Waals surface area contributed by atoms with Gasteiger partial charge in [-0.05, 0) is 67.2 Å². The number of hydrogen-bond acceptors (Lipinski definition) is 6. The summed E-state index contributed by atoms with van der Waals surface area (Å²) in [7, 11) is 0. The molecule has 0 amide bonds. The van der Waals surface area contributed by atoms with Crippen molar-refractivity contribution in [3.8, 4) is 0 Å². The lowest BCUT2D eigenvalue weighted by molar-refractivity contribution is 0.0365. The van der Waals surface area contributed by atoms with Crippen LogP contribution < -0.4 is 5.32 Å². The van der Waals surface area contributed by atoms with E-state index in [1.165, 1.54) is 0 Å². The van der Waals surface area contributed by atoms with Crippen LogP contribution in [-0.2, 0) is 4.74 Å². The first-order chi connectivity index (χ1) is 16.7. The van der Waals surface area contributed by atoms with Crippen LogP contribution in [0.3, 0.4) is 0 Å². The van der Waals surface area contributed by atoms with Crippen molar-refractivity contribution in [1.29, 1.82) is 0 Å². The van der Waals surface area contributed by atoms with Gasteiger partial charge in [0.25, 0.3) is 0 Å². The summed E-state index contributed by atoms with van der Waals surface area (Å²) in [6, 6.07) is 17.7. The Morgan fingerprint density at radius 1 is 1.06 bits per heavy atom. The molecule has 178 valence electrons. The number of rotatable bonds is 8. The number of thiocarbonyl (C=S) groups is 1. The Balaban J connectivity index is 1.35. The van der Waals surface area contributed by atoms with Crippen LogP contribution in [0.1, 0.15) is 30.0 Å². The monoisotopic (exact) mass is 514 g/mol. The fourth-order valence-corrected chi connectivity index (χ4v) is 5.65. The van der Waals surface area contributed by atoms with Gasteiger partial charge in [0.1, 0.15) is 11.8 Å². The second kappa shape index (κ2) is 11.1. The maximum Gasteiger partial charge on any atom is 0.170 e. The van der Waals surface area contributed by atoms with Gasteiger partial charge in [-0.3, -0.25) is 9.88 Å². The number of hydrogen-bond donors (Lipinski definition) is 1.